The summed E-state index contributed by atoms with van der Waals surface area (Å²) in [6.45, 7) is 1.52. The zero-order valence-electron chi connectivity index (χ0n) is 10.1. The largest absolute Gasteiger partial charge is 0.355 e. The molecular weight excluding hydrogens is 200 g/mol. The smallest absolute Gasteiger partial charge is 0.220 e. The van der Waals surface area contributed by atoms with E-state index in [2.05, 4.69) is 5.32 Å². The van der Waals surface area contributed by atoms with Gasteiger partial charge in [-0.15, -0.1) is 0 Å². The van der Waals surface area contributed by atoms with Crippen molar-refractivity contribution in [3.05, 3.63) is 0 Å². The predicted octanol–water partition coefficient (Wildman–Crippen LogP) is 1.81. The fourth-order valence-electron chi connectivity index (χ4n) is 2.70. The van der Waals surface area contributed by atoms with Crippen molar-refractivity contribution in [2.45, 2.75) is 51.4 Å². The summed E-state index contributed by atoms with van der Waals surface area (Å²) < 4.78 is 0. The summed E-state index contributed by atoms with van der Waals surface area (Å²) in [5, 5.41) is 3.10. The molecule has 2 aliphatic carbocycles. The average molecular weight is 224 g/mol. The van der Waals surface area contributed by atoms with Gasteiger partial charge >= 0.3 is 0 Å². The zero-order chi connectivity index (χ0) is 11.4. The van der Waals surface area contributed by atoms with Gasteiger partial charge in [0.15, 0.2) is 0 Å². The Morgan fingerprint density at radius 1 is 1.25 bits per heavy atom. The molecule has 92 valence electrons. The van der Waals surface area contributed by atoms with E-state index in [1.165, 1.54) is 44.9 Å². The van der Waals surface area contributed by atoms with E-state index in [9.17, 15) is 4.79 Å². The summed E-state index contributed by atoms with van der Waals surface area (Å²) >= 11 is 0. The molecule has 0 aliphatic heterocycles. The minimum Gasteiger partial charge on any atom is -0.355 e. The highest BCUT2D eigenvalue weighted by molar-refractivity contribution is 5.76. The van der Waals surface area contributed by atoms with Gasteiger partial charge in [-0.2, -0.15) is 0 Å². The number of carbonyl (C=O) groups excluding carboxylic acids is 1. The van der Waals surface area contributed by atoms with Crippen LogP contribution in [0.1, 0.15) is 51.4 Å². The minimum absolute atomic E-state index is 0.206. The summed E-state index contributed by atoms with van der Waals surface area (Å²) in [5.74, 6) is 0.918. The molecule has 0 saturated heterocycles. The molecule has 0 aromatic carbocycles. The van der Waals surface area contributed by atoms with Crippen molar-refractivity contribution in [1.29, 1.82) is 0 Å². The molecule has 3 heteroatoms. The third kappa shape index (κ3) is 3.21. The van der Waals surface area contributed by atoms with E-state index in [1.54, 1.807) is 0 Å². The summed E-state index contributed by atoms with van der Waals surface area (Å²) in [6.07, 6.45) is 9.48. The van der Waals surface area contributed by atoms with Crippen LogP contribution >= 0.6 is 0 Å². The highest BCUT2D eigenvalue weighted by Crippen LogP contribution is 2.35. The number of hydrogen-bond donors (Lipinski definition) is 2. The molecule has 16 heavy (non-hydrogen) atoms. The highest BCUT2D eigenvalue weighted by atomic mass is 16.1. The third-order valence-electron chi connectivity index (χ3n) is 4.18. The predicted molar refractivity (Wildman–Crippen MR) is 64.9 cm³/mol. The Morgan fingerprint density at radius 3 is 2.50 bits per heavy atom. The molecule has 0 unspecified atom stereocenters. The molecule has 2 fully saturated rings. The quantitative estimate of drug-likeness (QED) is 0.748. The second-order valence-electron chi connectivity index (χ2n) is 5.69. The second-order valence-corrected chi connectivity index (χ2v) is 5.69. The lowest BCUT2D eigenvalue weighted by atomic mass is 9.74. The number of nitrogens with one attached hydrogen (secondary N) is 1. The van der Waals surface area contributed by atoms with Crippen molar-refractivity contribution in [2.24, 2.45) is 17.1 Å². The first-order valence-electron chi connectivity index (χ1n) is 6.71. The lowest BCUT2D eigenvalue weighted by Gasteiger charge is -2.36. The molecule has 0 aromatic heterocycles. The average Bonchev–Trinajstić information content (AvgIpc) is 3.12. The van der Waals surface area contributed by atoms with E-state index in [4.69, 9.17) is 5.73 Å². The van der Waals surface area contributed by atoms with Gasteiger partial charge in [0, 0.05) is 13.0 Å². The fourth-order valence-corrected chi connectivity index (χ4v) is 2.70. The van der Waals surface area contributed by atoms with Crippen LogP contribution in [0.3, 0.4) is 0 Å². The Morgan fingerprint density at radius 2 is 1.94 bits per heavy atom. The van der Waals surface area contributed by atoms with Gasteiger partial charge < -0.3 is 11.1 Å². The fraction of sp³-hybridized carbons (Fsp3) is 0.923. The van der Waals surface area contributed by atoms with Crippen molar-refractivity contribution < 1.29 is 4.79 Å². The molecule has 0 aromatic rings. The van der Waals surface area contributed by atoms with Gasteiger partial charge in [-0.05, 0) is 43.6 Å². The van der Waals surface area contributed by atoms with Gasteiger partial charge in [0.1, 0.15) is 0 Å². The van der Waals surface area contributed by atoms with Gasteiger partial charge in [0.2, 0.25) is 5.91 Å². The molecular formula is C13H24N2O. The van der Waals surface area contributed by atoms with Crippen LogP contribution in [0.2, 0.25) is 0 Å². The third-order valence-corrected chi connectivity index (χ3v) is 4.18. The molecule has 0 heterocycles. The van der Waals surface area contributed by atoms with Gasteiger partial charge in [-0.25, -0.2) is 0 Å². The van der Waals surface area contributed by atoms with Crippen LogP contribution in [0, 0.1) is 11.3 Å². The summed E-state index contributed by atoms with van der Waals surface area (Å²) in [4.78, 5) is 11.6. The summed E-state index contributed by atoms with van der Waals surface area (Å²) in [6, 6.07) is 0. The molecule has 1 amide bonds. The van der Waals surface area contributed by atoms with Crippen molar-refractivity contribution in [2.75, 3.05) is 13.1 Å². The summed E-state index contributed by atoms with van der Waals surface area (Å²) in [7, 11) is 0. The normalized spacial score (nSPS) is 24.1. The molecule has 2 saturated carbocycles. The van der Waals surface area contributed by atoms with Crippen LogP contribution < -0.4 is 11.1 Å². The number of hydrogen-bond acceptors (Lipinski definition) is 2. The van der Waals surface area contributed by atoms with Gasteiger partial charge in [-0.3, -0.25) is 4.79 Å². The number of nitrogens with two attached hydrogens (primary N) is 1. The Hall–Kier alpha value is -0.570. The Bertz CT molecular complexity index is 242. The molecule has 2 rings (SSSR count). The van der Waals surface area contributed by atoms with E-state index in [0.717, 1.165) is 19.5 Å². The van der Waals surface area contributed by atoms with E-state index in [-0.39, 0.29) is 11.3 Å². The van der Waals surface area contributed by atoms with E-state index >= 15 is 0 Å². The van der Waals surface area contributed by atoms with Gasteiger partial charge in [-0.1, -0.05) is 19.3 Å². The van der Waals surface area contributed by atoms with Crippen LogP contribution in [-0.4, -0.2) is 19.0 Å². The van der Waals surface area contributed by atoms with Crippen molar-refractivity contribution in [3.63, 3.8) is 0 Å². The van der Waals surface area contributed by atoms with Crippen LogP contribution in [-0.2, 0) is 4.79 Å². The maximum atomic E-state index is 11.6. The van der Waals surface area contributed by atoms with Gasteiger partial charge in [0.25, 0.3) is 0 Å². The second kappa shape index (κ2) is 5.17. The maximum Gasteiger partial charge on any atom is 0.220 e. The Kier molecular flexibility index (Phi) is 3.85. The van der Waals surface area contributed by atoms with E-state index in [1.807, 2.05) is 0 Å². The lowest BCUT2D eigenvalue weighted by Crippen LogP contribution is -2.43. The number of carbonyl (C=O) groups is 1. The van der Waals surface area contributed by atoms with Crippen molar-refractivity contribution >= 4 is 5.91 Å². The first-order chi connectivity index (χ1) is 7.74. The van der Waals surface area contributed by atoms with E-state index < -0.39 is 0 Å². The lowest BCUT2D eigenvalue weighted by molar-refractivity contribution is -0.122. The molecule has 0 radical (unpaired) electrons. The molecule has 0 spiro atoms. The SMILES string of the molecule is NCC1(CNC(=O)CC2CC2)CCCCC1. The van der Waals surface area contributed by atoms with Crippen LogP contribution in [0.4, 0.5) is 0 Å². The monoisotopic (exact) mass is 224 g/mol. The summed E-state index contributed by atoms with van der Waals surface area (Å²) in [5.41, 5.74) is 6.09. The Balaban J connectivity index is 1.74. The number of rotatable bonds is 5. The molecule has 2 aliphatic rings. The van der Waals surface area contributed by atoms with E-state index in [0.29, 0.717) is 5.92 Å². The van der Waals surface area contributed by atoms with Gasteiger partial charge in [0.05, 0.1) is 0 Å². The first-order valence-corrected chi connectivity index (χ1v) is 6.71. The van der Waals surface area contributed by atoms with Crippen molar-refractivity contribution in [3.8, 4) is 0 Å². The molecule has 0 bridgehead atoms. The number of amides is 1. The zero-order valence-corrected chi connectivity index (χ0v) is 10.1. The highest BCUT2D eigenvalue weighted by Gasteiger charge is 2.31. The molecule has 0 atom stereocenters. The van der Waals surface area contributed by atoms with Crippen LogP contribution in [0.25, 0.3) is 0 Å². The molecule has 3 nitrogen and oxygen atoms in total. The van der Waals surface area contributed by atoms with Crippen LogP contribution in [0.15, 0.2) is 0 Å². The van der Waals surface area contributed by atoms with Crippen LogP contribution in [0.5, 0.6) is 0 Å². The first kappa shape index (κ1) is 11.9. The standard InChI is InChI=1S/C13H24N2O/c14-9-13(6-2-1-3-7-13)10-15-12(16)8-11-4-5-11/h11H,1-10,14H2,(H,15,16). The van der Waals surface area contributed by atoms with Crippen molar-refractivity contribution in [1.82, 2.24) is 5.32 Å². The molecule has 3 N–H and O–H groups in total. The topological polar surface area (TPSA) is 55.1 Å². The maximum absolute atomic E-state index is 11.6. The Labute approximate surface area is 98.2 Å². The minimum atomic E-state index is 0.206.